The zero-order chi connectivity index (χ0) is 20.5. The number of aliphatic hydroxyl groups is 1. The maximum atomic E-state index is 12.1. The van der Waals surface area contributed by atoms with E-state index in [0.29, 0.717) is 30.2 Å². The van der Waals surface area contributed by atoms with Gasteiger partial charge in [0.15, 0.2) is 0 Å². The topological polar surface area (TPSA) is 129 Å². The Labute approximate surface area is 163 Å². The first kappa shape index (κ1) is 19.6. The third kappa shape index (κ3) is 3.50. The quantitative estimate of drug-likeness (QED) is 0.574. The van der Waals surface area contributed by atoms with Crippen molar-refractivity contribution >= 4 is 22.6 Å². The van der Waals surface area contributed by atoms with Crippen LogP contribution in [-0.4, -0.2) is 39.0 Å². The van der Waals surface area contributed by atoms with Crippen LogP contribution in [0.2, 0.25) is 0 Å². The first-order chi connectivity index (χ1) is 13.3. The van der Waals surface area contributed by atoms with E-state index in [1.54, 1.807) is 10.7 Å². The van der Waals surface area contributed by atoms with Crippen LogP contribution in [0.15, 0.2) is 30.3 Å². The molecule has 0 saturated carbocycles. The maximum absolute atomic E-state index is 12.1. The Morgan fingerprint density at radius 2 is 2.04 bits per heavy atom. The van der Waals surface area contributed by atoms with Gasteiger partial charge in [-0.25, -0.2) is 9.67 Å². The smallest absolute Gasteiger partial charge is 0.254 e. The van der Waals surface area contributed by atoms with E-state index in [1.807, 2.05) is 45.0 Å². The van der Waals surface area contributed by atoms with Crippen LogP contribution in [0.5, 0.6) is 5.88 Å². The summed E-state index contributed by atoms with van der Waals surface area (Å²) < 4.78 is 6.99. The zero-order valence-electron chi connectivity index (χ0n) is 16.3. The van der Waals surface area contributed by atoms with E-state index < -0.39 is 11.4 Å². The SMILES string of the molecule is CCOc1ccc2cc(-c3nn(C(C)(C)CCO)c(N)c3C(N)=O)ccc2n1. The molecule has 148 valence electrons. The van der Waals surface area contributed by atoms with Crippen molar-refractivity contribution < 1.29 is 14.6 Å². The van der Waals surface area contributed by atoms with Gasteiger partial charge in [-0.05, 0) is 45.4 Å². The lowest BCUT2D eigenvalue weighted by atomic mass is 10.0. The molecule has 2 aromatic heterocycles. The van der Waals surface area contributed by atoms with Gasteiger partial charge in [-0.1, -0.05) is 6.07 Å². The second-order valence-corrected chi connectivity index (χ2v) is 7.16. The molecule has 1 aromatic carbocycles. The van der Waals surface area contributed by atoms with Gasteiger partial charge in [0.05, 0.1) is 17.7 Å². The Hall–Kier alpha value is -3.13. The summed E-state index contributed by atoms with van der Waals surface area (Å²) in [5.74, 6) is 0.0918. The molecule has 0 atom stereocenters. The van der Waals surface area contributed by atoms with Crippen molar-refractivity contribution in [1.29, 1.82) is 0 Å². The van der Waals surface area contributed by atoms with Gasteiger partial charge in [0.2, 0.25) is 5.88 Å². The van der Waals surface area contributed by atoms with Crippen LogP contribution in [0.4, 0.5) is 5.82 Å². The Kier molecular flexibility index (Phi) is 5.24. The van der Waals surface area contributed by atoms with Crippen molar-refractivity contribution in [3.8, 4) is 17.1 Å². The van der Waals surface area contributed by atoms with Gasteiger partial charge in [0.25, 0.3) is 5.91 Å². The summed E-state index contributed by atoms with van der Waals surface area (Å²) in [7, 11) is 0. The number of ether oxygens (including phenoxy) is 1. The van der Waals surface area contributed by atoms with Gasteiger partial charge in [-0.15, -0.1) is 0 Å². The molecule has 0 unspecified atom stereocenters. The van der Waals surface area contributed by atoms with Crippen LogP contribution >= 0.6 is 0 Å². The third-order valence-corrected chi connectivity index (χ3v) is 4.69. The Bertz CT molecular complexity index is 1030. The summed E-state index contributed by atoms with van der Waals surface area (Å²) in [5, 5.41) is 14.8. The molecule has 8 nitrogen and oxygen atoms in total. The lowest BCUT2D eigenvalue weighted by Gasteiger charge is -2.25. The van der Waals surface area contributed by atoms with E-state index in [1.165, 1.54) is 0 Å². The number of aromatic nitrogens is 3. The van der Waals surface area contributed by atoms with Gasteiger partial charge < -0.3 is 21.3 Å². The van der Waals surface area contributed by atoms with Crippen molar-refractivity contribution in [2.75, 3.05) is 18.9 Å². The van der Waals surface area contributed by atoms with E-state index in [0.717, 1.165) is 10.9 Å². The van der Waals surface area contributed by atoms with E-state index >= 15 is 0 Å². The number of carbonyl (C=O) groups excluding carboxylic acids is 1. The normalized spacial score (nSPS) is 11.7. The molecule has 2 heterocycles. The number of pyridine rings is 1. The highest BCUT2D eigenvalue weighted by Crippen LogP contribution is 2.33. The number of hydrogen-bond donors (Lipinski definition) is 3. The van der Waals surface area contributed by atoms with Gasteiger partial charge in [-0.2, -0.15) is 5.10 Å². The predicted molar refractivity (Wildman–Crippen MR) is 108 cm³/mol. The van der Waals surface area contributed by atoms with E-state index in [2.05, 4.69) is 10.1 Å². The molecule has 0 fully saturated rings. The minimum absolute atomic E-state index is 0.0304. The monoisotopic (exact) mass is 383 g/mol. The van der Waals surface area contributed by atoms with Crippen LogP contribution in [0.3, 0.4) is 0 Å². The number of amides is 1. The lowest BCUT2D eigenvalue weighted by Crippen LogP contribution is -2.30. The largest absolute Gasteiger partial charge is 0.478 e. The highest BCUT2D eigenvalue weighted by molar-refractivity contribution is 6.04. The second kappa shape index (κ2) is 7.47. The molecule has 0 aliphatic carbocycles. The number of aliphatic hydroxyl groups excluding tert-OH is 1. The standard InChI is InChI=1S/C20H25N5O3/c1-4-28-15-8-6-12-11-13(5-7-14(12)23-15)17-16(19(22)27)18(21)25(24-17)20(2,3)9-10-26/h5-8,11,26H,4,9-10,21H2,1-3H3,(H2,22,27). The molecule has 5 N–H and O–H groups in total. The van der Waals surface area contributed by atoms with Crippen molar-refractivity contribution in [3.05, 3.63) is 35.9 Å². The average molecular weight is 383 g/mol. The molecule has 0 radical (unpaired) electrons. The molecule has 28 heavy (non-hydrogen) atoms. The number of fused-ring (bicyclic) bond motifs is 1. The molecule has 0 saturated heterocycles. The molecule has 0 aliphatic heterocycles. The van der Waals surface area contributed by atoms with Crippen LogP contribution in [0, 0.1) is 0 Å². The number of anilines is 1. The molecular weight excluding hydrogens is 358 g/mol. The summed E-state index contributed by atoms with van der Waals surface area (Å²) in [4.78, 5) is 16.6. The van der Waals surface area contributed by atoms with Gasteiger partial charge in [0, 0.05) is 23.6 Å². The minimum Gasteiger partial charge on any atom is -0.478 e. The molecule has 3 aromatic rings. The summed E-state index contributed by atoms with van der Waals surface area (Å²) in [6, 6.07) is 9.24. The fourth-order valence-corrected chi connectivity index (χ4v) is 3.20. The number of hydrogen-bond acceptors (Lipinski definition) is 6. The van der Waals surface area contributed by atoms with Gasteiger partial charge in [-0.3, -0.25) is 4.79 Å². The van der Waals surface area contributed by atoms with E-state index in [4.69, 9.17) is 16.2 Å². The fraction of sp³-hybridized carbons (Fsp3) is 0.350. The molecule has 0 bridgehead atoms. The first-order valence-electron chi connectivity index (χ1n) is 9.12. The first-order valence-corrected chi connectivity index (χ1v) is 9.12. The van der Waals surface area contributed by atoms with Crippen LogP contribution < -0.4 is 16.2 Å². The minimum atomic E-state index is -0.650. The van der Waals surface area contributed by atoms with E-state index in [9.17, 15) is 9.90 Å². The van der Waals surface area contributed by atoms with Gasteiger partial charge >= 0.3 is 0 Å². The lowest BCUT2D eigenvalue weighted by molar-refractivity contribution is 0.100. The molecule has 3 rings (SSSR count). The Balaban J connectivity index is 2.14. The third-order valence-electron chi connectivity index (χ3n) is 4.69. The molecule has 0 spiro atoms. The second-order valence-electron chi connectivity index (χ2n) is 7.16. The van der Waals surface area contributed by atoms with E-state index in [-0.39, 0.29) is 18.0 Å². The zero-order valence-corrected chi connectivity index (χ0v) is 16.3. The highest BCUT2D eigenvalue weighted by Gasteiger charge is 2.29. The van der Waals surface area contributed by atoms with Crippen LogP contribution in [0.25, 0.3) is 22.2 Å². The molecule has 1 amide bonds. The summed E-state index contributed by atoms with van der Waals surface area (Å²) in [5.41, 5.74) is 13.3. The number of nitrogens with two attached hydrogens (primary N) is 2. The van der Waals surface area contributed by atoms with Crippen LogP contribution in [-0.2, 0) is 5.54 Å². The number of benzene rings is 1. The maximum Gasteiger partial charge on any atom is 0.254 e. The highest BCUT2D eigenvalue weighted by atomic mass is 16.5. The summed E-state index contributed by atoms with van der Waals surface area (Å²) in [6.07, 6.45) is 0.429. The molecule has 8 heteroatoms. The number of primary amides is 1. The van der Waals surface area contributed by atoms with Gasteiger partial charge in [0.1, 0.15) is 17.1 Å². The Morgan fingerprint density at radius 3 is 2.68 bits per heavy atom. The van der Waals surface area contributed by atoms with Crippen molar-refractivity contribution in [1.82, 2.24) is 14.8 Å². The summed E-state index contributed by atoms with van der Waals surface area (Å²) >= 11 is 0. The molecule has 0 aliphatic rings. The molecular formula is C20H25N5O3. The van der Waals surface area contributed by atoms with Crippen molar-refractivity contribution in [2.45, 2.75) is 32.7 Å². The number of rotatable bonds is 7. The fourth-order valence-electron chi connectivity index (χ4n) is 3.20. The van der Waals surface area contributed by atoms with Crippen LogP contribution in [0.1, 0.15) is 37.6 Å². The number of nitrogen functional groups attached to an aromatic ring is 1. The van der Waals surface area contributed by atoms with Crippen molar-refractivity contribution in [3.63, 3.8) is 0 Å². The number of carbonyl (C=O) groups is 1. The predicted octanol–water partition coefficient (Wildman–Crippen LogP) is 2.30. The van der Waals surface area contributed by atoms with Crippen molar-refractivity contribution in [2.24, 2.45) is 5.73 Å². The summed E-state index contributed by atoms with van der Waals surface area (Å²) in [6.45, 7) is 6.19. The number of nitrogens with zero attached hydrogens (tertiary/aromatic N) is 3. The average Bonchev–Trinajstić information content (AvgIpc) is 3.00. The Morgan fingerprint density at radius 1 is 1.29 bits per heavy atom.